The first-order valence-corrected chi connectivity index (χ1v) is 9.91. The molecule has 0 radical (unpaired) electrons. The molecule has 2 aliphatic rings. The summed E-state index contributed by atoms with van der Waals surface area (Å²) in [6.45, 7) is 4.10. The smallest absolute Gasteiger partial charge is 0.378 e. The van der Waals surface area contributed by atoms with Crippen LogP contribution in [0.3, 0.4) is 0 Å². The summed E-state index contributed by atoms with van der Waals surface area (Å²) in [4.78, 5) is 6.54. The fourth-order valence-corrected chi connectivity index (χ4v) is 3.76. The van der Waals surface area contributed by atoms with Gasteiger partial charge in [0.05, 0.1) is 11.7 Å². The predicted octanol–water partition coefficient (Wildman–Crippen LogP) is 3.01. The minimum atomic E-state index is -4.28. The van der Waals surface area contributed by atoms with Gasteiger partial charge in [0.1, 0.15) is 0 Å². The molecule has 28 heavy (non-hydrogen) atoms. The molecule has 2 saturated heterocycles. The van der Waals surface area contributed by atoms with Gasteiger partial charge in [-0.3, -0.25) is 9.89 Å². The summed E-state index contributed by atoms with van der Waals surface area (Å²) in [5, 5.41) is 6.79. The lowest BCUT2D eigenvalue weighted by atomic mass is 10.1. The van der Waals surface area contributed by atoms with E-state index in [4.69, 9.17) is 4.74 Å². The van der Waals surface area contributed by atoms with Crippen molar-refractivity contribution in [3.8, 4) is 0 Å². The quantitative estimate of drug-likeness (QED) is 0.571. The highest BCUT2D eigenvalue weighted by atomic mass is 19.4. The Hall–Kier alpha value is -1.80. The molecule has 0 aliphatic carbocycles. The van der Waals surface area contributed by atoms with Crippen LogP contribution in [-0.2, 0) is 17.5 Å². The summed E-state index contributed by atoms with van der Waals surface area (Å²) in [6, 6.07) is 5.72. The van der Waals surface area contributed by atoms with Crippen molar-refractivity contribution in [1.82, 2.24) is 15.5 Å². The van der Waals surface area contributed by atoms with Crippen molar-refractivity contribution < 1.29 is 17.9 Å². The zero-order valence-electron chi connectivity index (χ0n) is 16.3. The average molecular weight is 398 g/mol. The van der Waals surface area contributed by atoms with Crippen LogP contribution in [0.5, 0.6) is 0 Å². The van der Waals surface area contributed by atoms with Gasteiger partial charge < -0.3 is 15.4 Å². The fraction of sp³-hybridized carbons (Fsp3) is 0.650. The topological polar surface area (TPSA) is 48.9 Å². The number of nitrogens with zero attached hydrogens (tertiary/aromatic N) is 2. The Morgan fingerprint density at radius 1 is 1.25 bits per heavy atom. The number of aliphatic imine (C=N–C) groups is 1. The molecule has 1 aromatic rings. The van der Waals surface area contributed by atoms with Crippen molar-refractivity contribution in [2.24, 2.45) is 4.99 Å². The molecule has 156 valence electrons. The highest BCUT2D eigenvalue weighted by molar-refractivity contribution is 5.80. The zero-order chi connectivity index (χ0) is 20.0. The van der Waals surface area contributed by atoms with Crippen molar-refractivity contribution >= 4 is 5.96 Å². The average Bonchev–Trinajstić information content (AvgIpc) is 3.33. The predicted molar refractivity (Wildman–Crippen MR) is 103 cm³/mol. The van der Waals surface area contributed by atoms with Gasteiger partial charge in [0.25, 0.3) is 0 Å². The number of alkyl halides is 3. The van der Waals surface area contributed by atoms with Gasteiger partial charge >= 0.3 is 6.18 Å². The molecule has 2 atom stereocenters. The van der Waals surface area contributed by atoms with E-state index in [-0.39, 0.29) is 6.04 Å². The molecule has 0 spiro atoms. The number of rotatable bonds is 6. The minimum Gasteiger partial charge on any atom is -0.378 e. The maximum atomic E-state index is 12.7. The summed E-state index contributed by atoms with van der Waals surface area (Å²) in [6.07, 6.45) is 0.312. The van der Waals surface area contributed by atoms with Gasteiger partial charge in [-0.1, -0.05) is 12.1 Å². The highest BCUT2D eigenvalue weighted by Crippen LogP contribution is 2.29. The number of benzene rings is 1. The lowest BCUT2D eigenvalue weighted by molar-refractivity contribution is -0.137. The Bertz CT molecular complexity index is 642. The van der Waals surface area contributed by atoms with E-state index in [9.17, 15) is 13.2 Å². The summed E-state index contributed by atoms with van der Waals surface area (Å²) in [7, 11) is 1.76. The van der Waals surface area contributed by atoms with E-state index in [1.54, 1.807) is 19.2 Å². The largest absolute Gasteiger partial charge is 0.416 e. The summed E-state index contributed by atoms with van der Waals surface area (Å²) < 4.78 is 43.6. The van der Waals surface area contributed by atoms with Crippen molar-refractivity contribution in [3.05, 3.63) is 35.4 Å². The number of likely N-dealkylation sites (tertiary alicyclic amines) is 1. The SMILES string of the molecule is CN=C(NCCC1CCCO1)NC1CCN(Cc2ccc(C(F)(F)F)cc2)C1. The van der Waals surface area contributed by atoms with Gasteiger partial charge in [-0.15, -0.1) is 0 Å². The molecule has 2 unspecified atom stereocenters. The Balaban J connectivity index is 1.40. The van der Waals surface area contributed by atoms with E-state index in [0.29, 0.717) is 12.6 Å². The van der Waals surface area contributed by atoms with E-state index in [1.807, 2.05) is 0 Å². The van der Waals surface area contributed by atoms with Crippen LogP contribution in [0.1, 0.15) is 36.8 Å². The van der Waals surface area contributed by atoms with Crippen LogP contribution in [0.25, 0.3) is 0 Å². The van der Waals surface area contributed by atoms with Crippen molar-refractivity contribution in [3.63, 3.8) is 0 Å². The summed E-state index contributed by atoms with van der Waals surface area (Å²) in [5.41, 5.74) is 0.294. The van der Waals surface area contributed by atoms with E-state index in [2.05, 4.69) is 20.5 Å². The lowest BCUT2D eigenvalue weighted by Crippen LogP contribution is -2.45. The molecule has 8 heteroatoms. The van der Waals surface area contributed by atoms with E-state index in [0.717, 1.165) is 75.6 Å². The summed E-state index contributed by atoms with van der Waals surface area (Å²) in [5.74, 6) is 0.791. The number of guanidine groups is 1. The number of hydrogen-bond acceptors (Lipinski definition) is 3. The molecule has 1 aromatic carbocycles. The molecule has 3 rings (SSSR count). The maximum absolute atomic E-state index is 12.7. The van der Waals surface area contributed by atoms with Crippen LogP contribution in [-0.4, -0.2) is 56.3 Å². The van der Waals surface area contributed by atoms with Gasteiger partial charge in [0, 0.05) is 45.9 Å². The molecular formula is C20H29F3N4O. The molecular weight excluding hydrogens is 369 g/mol. The molecule has 0 saturated carbocycles. The summed E-state index contributed by atoms with van der Waals surface area (Å²) >= 11 is 0. The molecule has 0 aromatic heterocycles. The molecule has 0 bridgehead atoms. The van der Waals surface area contributed by atoms with Crippen LogP contribution in [0.2, 0.25) is 0 Å². The van der Waals surface area contributed by atoms with E-state index >= 15 is 0 Å². The molecule has 5 nitrogen and oxygen atoms in total. The van der Waals surface area contributed by atoms with Crippen molar-refractivity contribution in [2.75, 3.05) is 33.3 Å². The second kappa shape index (κ2) is 9.60. The maximum Gasteiger partial charge on any atom is 0.416 e. The first kappa shape index (κ1) is 20.9. The Morgan fingerprint density at radius 2 is 2.04 bits per heavy atom. The van der Waals surface area contributed by atoms with Gasteiger partial charge in [-0.25, -0.2) is 0 Å². The number of ether oxygens (including phenoxy) is 1. The van der Waals surface area contributed by atoms with E-state index in [1.165, 1.54) is 0 Å². The van der Waals surface area contributed by atoms with Crippen LogP contribution in [0.15, 0.2) is 29.3 Å². The molecule has 2 fully saturated rings. The van der Waals surface area contributed by atoms with Gasteiger partial charge in [0.15, 0.2) is 5.96 Å². The third kappa shape index (κ3) is 6.10. The molecule has 2 aliphatic heterocycles. The first-order valence-electron chi connectivity index (χ1n) is 9.91. The number of nitrogens with one attached hydrogen (secondary N) is 2. The Kier molecular flexibility index (Phi) is 7.18. The first-order chi connectivity index (χ1) is 13.4. The van der Waals surface area contributed by atoms with Crippen LogP contribution in [0.4, 0.5) is 13.2 Å². The second-order valence-electron chi connectivity index (χ2n) is 7.48. The fourth-order valence-electron chi connectivity index (χ4n) is 3.76. The molecule has 2 heterocycles. The number of halogens is 3. The van der Waals surface area contributed by atoms with Crippen molar-refractivity contribution in [1.29, 1.82) is 0 Å². The Labute approximate surface area is 164 Å². The monoisotopic (exact) mass is 398 g/mol. The highest BCUT2D eigenvalue weighted by Gasteiger charge is 2.30. The van der Waals surface area contributed by atoms with E-state index < -0.39 is 11.7 Å². The Morgan fingerprint density at radius 3 is 2.68 bits per heavy atom. The zero-order valence-corrected chi connectivity index (χ0v) is 16.3. The standard InChI is InChI=1S/C20H29F3N4O/c1-24-19(25-10-8-18-3-2-12-28-18)26-17-9-11-27(14-17)13-15-4-6-16(7-5-15)20(21,22)23/h4-7,17-18H,2-3,8-14H2,1H3,(H2,24,25,26). The molecule has 0 amide bonds. The minimum absolute atomic E-state index is 0.281. The third-order valence-corrected chi connectivity index (χ3v) is 5.31. The molecule has 2 N–H and O–H groups in total. The van der Waals surface area contributed by atoms with Gasteiger partial charge in [0.2, 0.25) is 0 Å². The van der Waals surface area contributed by atoms with Crippen LogP contribution in [0, 0.1) is 0 Å². The second-order valence-corrected chi connectivity index (χ2v) is 7.48. The third-order valence-electron chi connectivity index (χ3n) is 5.31. The van der Waals surface area contributed by atoms with Crippen LogP contribution >= 0.6 is 0 Å². The van der Waals surface area contributed by atoms with Gasteiger partial charge in [-0.05, 0) is 43.4 Å². The lowest BCUT2D eigenvalue weighted by Gasteiger charge is -2.19. The van der Waals surface area contributed by atoms with Gasteiger partial charge in [-0.2, -0.15) is 13.2 Å². The number of hydrogen-bond donors (Lipinski definition) is 2. The normalized spacial score (nSPS) is 23.9. The van der Waals surface area contributed by atoms with Crippen molar-refractivity contribution in [2.45, 2.75) is 50.6 Å². The van der Waals surface area contributed by atoms with Crippen LogP contribution < -0.4 is 10.6 Å².